The maximum Gasteiger partial charge on any atom is 0.100 e. The van der Waals surface area contributed by atoms with Crippen molar-refractivity contribution < 1.29 is 0 Å². The fourth-order valence-electron chi connectivity index (χ4n) is 2.74. The van der Waals surface area contributed by atoms with Crippen LogP contribution in [0.2, 0.25) is 0 Å². The van der Waals surface area contributed by atoms with Crippen molar-refractivity contribution in [3.8, 4) is 5.69 Å². The molecule has 0 saturated heterocycles. The molecule has 24 heavy (non-hydrogen) atoms. The van der Waals surface area contributed by atoms with Gasteiger partial charge in [0.2, 0.25) is 0 Å². The Morgan fingerprint density at radius 3 is 2.54 bits per heavy atom. The normalized spacial score (nSPS) is 10.9. The minimum atomic E-state index is 0.771. The zero-order chi connectivity index (χ0) is 16.4. The molecule has 0 saturated carbocycles. The van der Waals surface area contributed by atoms with Crippen LogP contribution < -0.4 is 5.32 Å². The summed E-state index contributed by atoms with van der Waals surface area (Å²) in [6.45, 7) is 2.86. The van der Waals surface area contributed by atoms with Crippen LogP contribution in [0, 0.1) is 6.92 Å². The molecule has 4 heteroatoms. The lowest BCUT2D eigenvalue weighted by Gasteiger charge is -2.08. The maximum atomic E-state index is 4.55. The van der Waals surface area contributed by atoms with Crippen molar-refractivity contribution in [1.82, 2.24) is 14.5 Å². The Bertz CT molecular complexity index is 956. The van der Waals surface area contributed by atoms with Crippen molar-refractivity contribution in [1.29, 1.82) is 0 Å². The van der Waals surface area contributed by atoms with E-state index in [0.29, 0.717) is 0 Å². The first kappa shape index (κ1) is 14.5. The number of aromatic nitrogens is 3. The number of benzene rings is 2. The first-order valence-corrected chi connectivity index (χ1v) is 7.96. The van der Waals surface area contributed by atoms with E-state index in [1.807, 2.05) is 30.9 Å². The van der Waals surface area contributed by atoms with Gasteiger partial charge in [-0.25, -0.2) is 4.98 Å². The molecule has 0 radical (unpaired) electrons. The Labute approximate surface area is 140 Å². The molecule has 1 N–H and O–H groups in total. The zero-order valence-corrected chi connectivity index (χ0v) is 13.5. The molecule has 2 aromatic carbocycles. The van der Waals surface area contributed by atoms with Crippen molar-refractivity contribution in [2.75, 3.05) is 5.32 Å². The largest absolute Gasteiger partial charge is 0.381 e. The molecule has 0 fully saturated rings. The van der Waals surface area contributed by atoms with Gasteiger partial charge >= 0.3 is 0 Å². The van der Waals surface area contributed by atoms with E-state index in [4.69, 9.17) is 0 Å². The lowest BCUT2D eigenvalue weighted by Crippen LogP contribution is -1.99. The van der Waals surface area contributed by atoms with Crippen LogP contribution >= 0.6 is 0 Å². The third-order valence-corrected chi connectivity index (χ3v) is 4.11. The van der Waals surface area contributed by atoms with E-state index in [0.717, 1.165) is 29.0 Å². The van der Waals surface area contributed by atoms with E-state index < -0.39 is 0 Å². The molecular weight excluding hydrogens is 296 g/mol. The molecule has 0 spiro atoms. The van der Waals surface area contributed by atoms with Crippen molar-refractivity contribution in [3.63, 3.8) is 0 Å². The predicted molar refractivity (Wildman–Crippen MR) is 97.4 cm³/mol. The smallest absolute Gasteiger partial charge is 0.100 e. The van der Waals surface area contributed by atoms with Gasteiger partial charge in [-0.15, -0.1) is 0 Å². The highest BCUT2D eigenvalue weighted by Crippen LogP contribution is 2.22. The standard InChI is InChI=1S/C20H18N4/c1-15-2-5-18(6-3-15)24-14-23-19-12-17(4-7-20(19)24)22-13-16-8-10-21-11-9-16/h2-12,14,22H,13H2,1H3. The molecule has 118 valence electrons. The van der Waals surface area contributed by atoms with Crippen LogP contribution in [-0.2, 0) is 6.54 Å². The summed E-state index contributed by atoms with van der Waals surface area (Å²) in [7, 11) is 0. The minimum absolute atomic E-state index is 0.771. The van der Waals surface area contributed by atoms with E-state index in [-0.39, 0.29) is 0 Å². The van der Waals surface area contributed by atoms with Crippen molar-refractivity contribution in [2.24, 2.45) is 0 Å². The highest BCUT2D eigenvalue weighted by Gasteiger charge is 2.05. The molecule has 0 bridgehead atoms. The number of anilines is 1. The minimum Gasteiger partial charge on any atom is -0.381 e. The number of imidazole rings is 1. The van der Waals surface area contributed by atoms with Gasteiger partial charge in [-0.2, -0.15) is 0 Å². The summed E-state index contributed by atoms with van der Waals surface area (Å²) in [4.78, 5) is 8.58. The van der Waals surface area contributed by atoms with E-state index >= 15 is 0 Å². The average Bonchev–Trinajstić information content (AvgIpc) is 3.05. The van der Waals surface area contributed by atoms with Crippen LogP contribution in [0.3, 0.4) is 0 Å². The first-order valence-electron chi connectivity index (χ1n) is 7.96. The fourth-order valence-corrected chi connectivity index (χ4v) is 2.74. The molecule has 0 aliphatic carbocycles. The lowest BCUT2D eigenvalue weighted by molar-refractivity contribution is 1.09. The van der Waals surface area contributed by atoms with Crippen molar-refractivity contribution >= 4 is 16.7 Å². The molecule has 0 atom stereocenters. The molecule has 4 rings (SSSR count). The van der Waals surface area contributed by atoms with E-state index in [1.54, 1.807) is 0 Å². The van der Waals surface area contributed by atoms with Gasteiger partial charge in [0.1, 0.15) is 6.33 Å². The van der Waals surface area contributed by atoms with Gasteiger partial charge in [0.05, 0.1) is 11.0 Å². The Morgan fingerprint density at radius 2 is 1.75 bits per heavy atom. The Kier molecular flexibility index (Phi) is 3.71. The number of hydrogen-bond donors (Lipinski definition) is 1. The van der Waals surface area contributed by atoms with Gasteiger partial charge in [-0.3, -0.25) is 9.55 Å². The second kappa shape index (κ2) is 6.16. The van der Waals surface area contributed by atoms with Crippen LogP contribution in [0.25, 0.3) is 16.7 Å². The SMILES string of the molecule is Cc1ccc(-n2cnc3cc(NCc4ccncc4)ccc32)cc1. The number of nitrogens with one attached hydrogen (secondary N) is 1. The van der Waals surface area contributed by atoms with Gasteiger partial charge in [-0.1, -0.05) is 17.7 Å². The van der Waals surface area contributed by atoms with Crippen LogP contribution in [0.1, 0.15) is 11.1 Å². The molecule has 2 aromatic heterocycles. The number of rotatable bonds is 4. The monoisotopic (exact) mass is 314 g/mol. The van der Waals surface area contributed by atoms with Crippen molar-refractivity contribution in [2.45, 2.75) is 13.5 Å². The molecule has 0 unspecified atom stereocenters. The topological polar surface area (TPSA) is 42.7 Å². The molecule has 0 amide bonds. The van der Waals surface area contributed by atoms with Gasteiger partial charge in [-0.05, 0) is 55.0 Å². The molecular formula is C20H18N4. The number of hydrogen-bond acceptors (Lipinski definition) is 3. The second-order valence-electron chi connectivity index (χ2n) is 5.86. The Hall–Kier alpha value is -3.14. The number of fused-ring (bicyclic) bond motifs is 1. The Balaban J connectivity index is 1.59. The summed E-state index contributed by atoms with van der Waals surface area (Å²) in [5.74, 6) is 0. The highest BCUT2D eigenvalue weighted by molar-refractivity contribution is 5.81. The highest BCUT2D eigenvalue weighted by atomic mass is 15.0. The molecule has 4 aromatic rings. The molecule has 0 aliphatic heterocycles. The summed E-state index contributed by atoms with van der Waals surface area (Å²) in [6.07, 6.45) is 5.49. The summed E-state index contributed by atoms with van der Waals surface area (Å²) in [5, 5.41) is 3.43. The van der Waals surface area contributed by atoms with Gasteiger partial charge in [0, 0.05) is 30.3 Å². The summed E-state index contributed by atoms with van der Waals surface area (Å²) < 4.78 is 2.11. The Morgan fingerprint density at radius 1 is 0.958 bits per heavy atom. The van der Waals surface area contributed by atoms with Crippen LogP contribution in [0.5, 0.6) is 0 Å². The summed E-state index contributed by atoms with van der Waals surface area (Å²) in [6, 6.07) is 18.8. The first-order chi connectivity index (χ1) is 11.8. The van der Waals surface area contributed by atoms with E-state index in [9.17, 15) is 0 Å². The van der Waals surface area contributed by atoms with Crippen LogP contribution in [0.15, 0.2) is 73.3 Å². The van der Waals surface area contributed by atoms with Gasteiger partial charge < -0.3 is 5.32 Å². The zero-order valence-electron chi connectivity index (χ0n) is 13.5. The fraction of sp³-hybridized carbons (Fsp3) is 0.100. The number of aryl methyl sites for hydroxylation is 1. The van der Waals surface area contributed by atoms with E-state index in [2.05, 4.69) is 69.2 Å². The third kappa shape index (κ3) is 2.86. The van der Waals surface area contributed by atoms with Crippen LogP contribution in [0.4, 0.5) is 5.69 Å². The predicted octanol–water partition coefficient (Wildman–Crippen LogP) is 4.34. The van der Waals surface area contributed by atoms with E-state index in [1.165, 1.54) is 11.1 Å². The summed E-state index contributed by atoms with van der Waals surface area (Å²) >= 11 is 0. The molecule has 4 nitrogen and oxygen atoms in total. The van der Waals surface area contributed by atoms with Gasteiger partial charge in [0.15, 0.2) is 0 Å². The third-order valence-electron chi connectivity index (χ3n) is 4.11. The number of nitrogens with zero attached hydrogens (tertiary/aromatic N) is 3. The summed E-state index contributed by atoms with van der Waals surface area (Å²) in [5.41, 5.74) is 6.73. The molecule has 2 heterocycles. The van der Waals surface area contributed by atoms with Crippen molar-refractivity contribution in [3.05, 3.63) is 84.4 Å². The quantitative estimate of drug-likeness (QED) is 0.609. The number of pyridine rings is 1. The lowest BCUT2D eigenvalue weighted by atomic mass is 10.2. The van der Waals surface area contributed by atoms with Gasteiger partial charge in [0.25, 0.3) is 0 Å². The maximum absolute atomic E-state index is 4.55. The second-order valence-corrected chi connectivity index (χ2v) is 5.86. The molecule has 0 aliphatic rings. The average molecular weight is 314 g/mol. The van der Waals surface area contributed by atoms with Crippen LogP contribution in [-0.4, -0.2) is 14.5 Å².